The molecule has 0 aliphatic carbocycles. The van der Waals surface area contributed by atoms with Gasteiger partial charge in [0, 0.05) is 17.8 Å². The third kappa shape index (κ3) is 4.53. The predicted molar refractivity (Wildman–Crippen MR) is 119 cm³/mol. The van der Waals surface area contributed by atoms with E-state index in [0.717, 1.165) is 5.56 Å². The topological polar surface area (TPSA) is 98.7 Å². The largest absolute Gasteiger partial charge is 0.387 e. The number of hydrogen-bond donors (Lipinski definition) is 3. The van der Waals surface area contributed by atoms with Crippen LogP contribution in [-0.4, -0.2) is 29.4 Å². The van der Waals surface area contributed by atoms with Gasteiger partial charge in [-0.2, -0.15) is 0 Å². The maximum absolute atomic E-state index is 13.1. The number of aliphatic hydroxyl groups is 1. The van der Waals surface area contributed by atoms with Gasteiger partial charge >= 0.3 is 11.8 Å². The number of nitrogens with one attached hydrogen (secondary N) is 2. The molecule has 0 saturated heterocycles. The summed E-state index contributed by atoms with van der Waals surface area (Å²) >= 11 is 0. The number of amides is 3. The summed E-state index contributed by atoms with van der Waals surface area (Å²) in [5.74, 6) is -2.15. The summed E-state index contributed by atoms with van der Waals surface area (Å²) in [4.78, 5) is 39.5. The first-order valence-corrected chi connectivity index (χ1v) is 10.3. The van der Waals surface area contributed by atoms with Gasteiger partial charge in [0.1, 0.15) is 6.04 Å². The Morgan fingerprint density at radius 3 is 2.22 bits per heavy atom. The van der Waals surface area contributed by atoms with Crippen molar-refractivity contribution in [2.24, 2.45) is 0 Å². The van der Waals surface area contributed by atoms with Crippen LogP contribution in [0.5, 0.6) is 0 Å². The molecule has 4 rings (SSSR count). The minimum Gasteiger partial charge on any atom is -0.387 e. The molecule has 3 amide bonds. The van der Waals surface area contributed by atoms with Crippen LogP contribution in [0.3, 0.4) is 0 Å². The van der Waals surface area contributed by atoms with Crippen LogP contribution >= 0.6 is 0 Å². The number of para-hydroxylation sites is 1. The number of hydrogen-bond acceptors (Lipinski definition) is 4. The molecule has 0 radical (unpaired) electrons. The first kappa shape index (κ1) is 21.3. The molecule has 0 bridgehead atoms. The Labute approximate surface area is 185 Å². The Hall–Kier alpha value is -3.97. The van der Waals surface area contributed by atoms with Gasteiger partial charge < -0.3 is 20.6 Å². The van der Waals surface area contributed by atoms with Crippen molar-refractivity contribution in [2.75, 3.05) is 11.4 Å². The molecule has 0 aromatic heterocycles. The van der Waals surface area contributed by atoms with Gasteiger partial charge in [0.25, 0.3) is 5.91 Å². The molecule has 162 valence electrons. The van der Waals surface area contributed by atoms with Crippen molar-refractivity contribution >= 4 is 23.4 Å². The van der Waals surface area contributed by atoms with E-state index in [4.69, 9.17) is 0 Å². The number of anilines is 1. The summed E-state index contributed by atoms with van der Waals surface area (Å²) in [5.41, 5.74) is 2.92. The first-order chi connectivity index (χ1) is 15.5. The van der Waals surface area contributed by atoms with Crippen LogP contribution in [0.15, 0.2) is 84.9 Å². The van der Waals surface area contributed by atoms with Crippen LogP contribution in [0.1, 0.15) is 28.8 Å². The molecule has 3 aromatic carbocycles. The fourth-order valence-corrected chi connectivity index (χ4v) is 3.71. The van der Waals surface area contributed by atoms with Gasteiger partial charge in [-0.25, -0.2) is 0 Å². The van der Waals surface area contributed by atoms with Gasteiger partial charge in [-0.15, -0.1) is 0 Å². The van der Waals surface area contributed by atoms with Crippen LogP contribution in [0.2, 0.25) is 0 Å². The van der Waals surface area contributed by atoms with Gasteiger partial charge in [0.2, 0.25) is 0 Å². The van der Waals surface area contributed by atoms with Gasteiger partial charge in [0.15, 0.2) is 0 Å². The second-order valence-electron chi connectivity index (χ2n) is 7.51. The lowest BCUT2D eigenvalue weighted by Gasteiger charge is -2.18. The molecule has 1 heterocycles. The fourth-order valence-electron chi connectivity index (χ4n) is 3.71. The monoisotopic (exact) mass is 429 g/mol. The molecule has 2 atom stereocenters. The van der Waals surface area contributed by atoms with E-state index >= 15 is 0 Å². The Balaban J connectivity index is 1.42. The van der Waals surface area contributed by atoms with E-state index in [1.165, 1.54) is 0 Å². The molecule has 1 aliphatic heterocycles. The van der Waals surface area contributed by atoms with Crippen LogP contribution < -0.4 is 15.5 Å². The molecule has 0 saturated carbocycles. The predicted octanol–water partition coefficient (Wildman–Crippen LogP) is 2.24. The zero-order valence-corrected chi connectivity index (χ0v) is 17.3. The third-order valence-electron chi connectivity index (χ3n) is 5.36. The standard InChI is InChI=1S/C25H23N3O4/c29-21(18-11-5-2-6-12-18)15-26-23(30)24(31)27-22-19-13-7-8-14-20(19)28(25(22)32)16-17-9-3-1-4-10-17/h1-14,21-22,29H,15-16H2,(H,26,30)(H,27,31)/t21-,22+/m1/s1. The summed E-state index contributed by atoms with van der Waals surface area (Å²) in [7, 11) is 0. The number of nitrogens with zero attached hydrogens (tertiary/aromatic N) is 1. The van der Waals surface area contributed by atoms with Crippen molar-refractivity contribution < 1.29 is 19.5 Å². The smallest absolute Gasteiger partial charge is 0.310 e. The van der Waals surface area contributed by atoms with Crippen molar-refractivity contribution in [1.29, 1.82) is 0 Å². The van der Waals surface area contributed by atoms with Crippen molar-refractivity contribution in [2.45, 2.75) is 18.7 Å². The summed E-state index contributed by atoms with van der Waals surface area (Å²) in [6, 6.07) is 24.6. The van der Waals surface area contributed by atoms with Gasteiger partial charge in [-0.1, -0.05) is 78.9 Å². The van der Waals surface area contributed by atoms with E-state index in [1.807, 2.05) is 48.5 Å². The normalized spacial score (nSPS) is 15.7. The van der Waals surface area contributed by atoms with Gasteiger partial charge in [-0.05, 0) is 17.2 Å². The zero-order chi connectivity index (χ0) is 22.5. The zero-order valence-electron chi connectivity index (χ0n) is 17.3. The fraction of sp³-hybridized carbons (Fsp3) is 0.160. The Morgan fingerprint density at radius 1 is 0.875 bits per heavy atom. The Kier molecular flexibility index (Phi) is 6.28. The van der Waals surface area contributed by atoms with Crippen molar-refractivity contribution in [3.63, 3.8) is 0 Å². The molecule has 7 nitrogen and oxygen atoms in total. The molecular weight excluding hydrogens is 406 g/mol. The van der Waals surface area contributed by atoms with E-state index in [9.17, 15) is 19.5 Å². The Bertz CT molecular complexity index is 1120. The average Bonchev–Trinajstić information content (AvgIpc) is 3.09. The molecule has 3 N–H and O–H groups in total. The maximum Gasteiger partial charge on any atom is 0.310 e. The number of rotatable bonds is 6. The summed E-state index contributed by atoms with van der Waals surface area (Å²) in [6.45, 7) is 0.240. The molecule has 0 spiro atoms. The molecule has 3 aromatic rings. The highest BCUT2D eigenvalue weighted by atomic mass is 16.3. The molecule has 32 heavy (non-hydrogen) atoms. The van der Waals surface area contributed by atoms with Crippen LogP contribution in [0.25, 0.3) is 0 Å². The number of carbonyl (C=O) groups excluding carboxylic acids is 3. The number of carbonyl (C=O) groups is 3. The van der Waals surface area contributed by atoms with E-state index in [1.54, 1.807) is 41.3 Å². The van der Waals surface area contributed by atoms with E-state index < -0.39 is 24.0 Å². The highest BCUT2D eigenvalue weighted by Gasteiger charge is 2.38. The first-order valence-electron chi connectivity index (χ1n) is 10.3. The maximum atomic E-state index is 13.1. The van der Waals surface area contributed by atoms with Crippen LogP contribution in [0, 0.1) is 0 Å². The summed E-state index contributed by atoms with van der Waals surface area (Å²) < 4.78 is 0. The second kappa shape index (κ2) is 9.45. The van der Waals surface area contributed by atoms with E-state index in [2.05, 4.69) is 10.6 Å². The average molecular weight is 429 g/mol. The summed E-state index contributed by atoms with van der Waals surface area (Å²) in [6.07, 6.45) is -0.942. The number of fused-ring (bicyclic) bond motifs is 1. The Morgan fingerprint density at radius 2 is 1.50 bits per heavy atom. The van der Waals surface area contributed by atoms with Crippen molar-refractivity contribution in [3.8, 4) is 0 Å². The lowest BCUT2D eigenvalue weighted by Crippen LogP contribution is -2.45. The minimum absolute atomic E-state index is 0.119. The lowest BCUT2D eigenvalue weighted by atomic mass is 10.1. The second-order valence-corrected chi connectivity index (χ2v) is 7.51. The van der Waals surface area contributed by atoms with E-state index in [-0.39, 0.29) is 12.5 Å². The quantitative estimate of drug-likeness (QED) is 0.524. The third-order valence-corrected chi connectivity index (χ3v) is 5.36. The highest BCUT2D eigenvalue weighted by molar-refractivity contribution is 6.35. The van der Waals surface area contributed by atoms with E-state index in [0.29, 0.717) is 23.4 Å². The summed E-state index contributed by atoms with van der Waals surface area (Å²) in [5, 5.41) is 15.1. The lowest BCUT2D eigenvalue weighted by molar-refractivity contribution is -0.140. The molecule has 1 aliphatic rings. The molecule has 7 heteroatoms. The van der Waals surface area contributed by atoms with Crippen molar-refractivity contribution in [3.05, 3.63) is 102 Å². The highest BCUT2D eigenvalue weighted by Crippen LogP contribution is 2.36. The van der Waals surface area contributed by atoms with Gasteiger partial charge in [-0.3, -0.25) is 14.4 Å². The van der Waals surface area contributed by atoms with Crippen molar-refractivity contribution in [1.82, 2.24) is 10.6 Å². The van der Waals surface area contributed by atoms with Crippen LogP contribution in [-0.2, 0) is 20.9 Å². The molecule has 0 fully saturated rings. The number of benzene rings is 3. The molecule has 0 unspecified atom stereocenters. The van der Waals surface area contributed by atoms with Crippen LogP contribution in [0.4, 0.5) is 5.69 Å². The number of aliphatic hydroxyl groups excluding tert-OH is 1. The van der Waals surface area contributed by atoms with Gasteiger partial charge in [0.05, 0.1) is 12.6 Å². The molecular formula is C25H23N3O4. The minimum atomic E-state index is -0.952. The SMILES string of the molecule is O=C(NC[C@@H](O)c1ccccc1)C(=O)N[C@@H]1C(=O)N(Cc2ccccc2)c2ccccc21.